The van der Waals surface area contributed by atoms with E-state index < -0.39 is 36.8 Å². The van der Waals surface area contributed by atoms with Gasteiger partial charge in [0.05, 0.1) is 18.1 Å². The number of ether oxygens (including phenoxy) is 2. The van der Waals surface area contributed by atoms with E-state index in [0.717, 1.165) is 15.6 Å². The van der Waals surface area contributed by atoms with Crippen molar-refractivity contribution in [2.45, 2.75) is 36.6 Å². The number of rotatable bonds is 1. The first-order valence-electron chi connectivity index (χ1n) is 7.56. The van der Waals surface area contributed by atoms with Gasteiger partial charge in [0.15, 0.2) is 0 Å². The van der Waals surface area contributed by atoms with Crippen LogP contribution in [0.2, 0.25) is 0 Å². The SMILES string of the molecule is OCC1OC2(OCCc3c2sc2ccccc32)C(O)C(O)C1O. The summed E-state index contributed by atoms with van der Waals surface area (Å²) in [7, 11) is 0. The summed E-state index contributed by atoms with van der Waals surface area (Å²) in [4.78, 5) is 0.696. The lowest BCUT2D eigenvalue weighted by atomic mass is 9.88. The van der Waals surface area contributed by atoms with Gasteiger partial charge in [0.25, 0.3) is 0 Å². The van der Waals surface area contributed by atoms with Gasteiger partial charge in [-0.2, -0.15) is 0 Å². The van der Waals surface area contributed by atoms with Crippen molar-refractivity contribution in [3.8, 4) is 0 Å². The van der Waals surface area contributed by atoms with Gasteiger partial charge in [-0.05, 0) is 23.4 Å². The zero-order valence-corrected chi connectivity index (χ0v) is 13.1. The van der Waals surface area contributed by atoms with Crippen LogP contribution in [0.4, 0.5) is 0 Å². The molecule has 124 valence electrons. The quantitative estimate of drug-likeness (QED) is 0.589. The van der Waals surface area contributed by atoms with Crippen LogP contribution < -0.4 is 0 Å². The minimum atomic E-state index is -1.55. The summed E-state index contributed by atoms with van der Waals surface area (Å²) in [6.07, 6.45) is -4.61. The molecule has 23 heavy (non-hydrogen) atoms. The minimum Gasteiger partial charge on any atom is -0.394 e. The molecule has 2 aromatic rings. The first kappa shape index (κ1) is 15.5. The van der Waals surface area contributed by atoms with E-state index in [4.69, 9.17) is 9.47 Å². The second-order valence-electron chi connectivity index (χ2n) is 5.94. The maximum atomic E-state index is 10.6. The highest BCUT2D eigenvalue weighted by Gasteiger charge is 2.58. The second-order valence-corrected chi connectivity index (χ2v) is 6.99. The minimum absolute atomic E-state index is 0.325. The van der Waals surface area contributed by atoms with E-state index in [1.54, 1.807) is 0 Å². The molecule has 0 amide bonds. The smallest absolute Gasteiger partial charge is 0.234 e. The number of fused-ring (bicyclic) bond motifs is 4. The molecule has 5 atom stereocenters. The zero-order valence-electron chi connectivity index (χ0n) is 12.3. The maximum absolute atomic E-state index is 10.6. The molecule has 1 saturated heterocycles. The van der Waals surface area contributed by atoms with Crippen LogP contribution in [0.1, 0.15) is 10.4 Å². The lowest BCUT2D eigenvalue weighted by Crippen LogP contribution is -2.65. The van der Waals surface area contributed by atoms with Gasteiger partial charge >= 0.3 is 0 Å². The van der Waals surface area contributed by atoms with Gasteiger partial charge in [-0.1, -0.05) is 18.2 Å². The first-order valence-corrected chi connectivity index (χ1v) is 8.38. The highest BCUT2D eigenvalue weighted by Crippen LogP contribution is 2.48. The molecule has 1 aromatic carbocycles. The van der Waals surface area contributed by atoms with Crippen LogP contribution in [-0.4, -0.2) is 58.1 Å². The van der Waals surface area contributed by atoms with E-state index in [9.17, 15) is 20.4 Å². The Kier molecular flexibility index (Phi) is 3.69. The Bertz CT molecular complexity index is 728. The third kappa shape index (κ3) is 2.09. The molecule has 4 N–H and O–H groups in total. The number of aliphatic hydroxyl groups is 4. The molecule has 4 rings (SSSR count). The fourth-order valence-electron chi connectivity index (χ4n) is 3.45. The molecule has 2 aliphatic heterocycles. The Morgan fingerprint density at radius 1 is 1.17 bits per heavy atom. The summed E-state index contributed by atoms with van der Waals surface area (Å²) in [6, 6.07) is 7.87. The normalized spacial score (nSPS) is 37.2. The van der Waals surface area contributed by atoms with Crippen molar-refractivity contribution >= 4 is 21.4 Å². The number of hydrogen-bond donors (Lipinski definition) is 4. The molecule has 5 unspecified atom stereocenters. The number of thiophene rings is 1. The molecule has 2 aliphatic rings. The molecule has 6 nitrogen and oxygen atoms in total. The maximum Gasteiger partial charge on any atom is 0.234 e. The molecular weight excluding hydrogens is 320 g/mol. The van der Waals surface area contributed by atoms with Crippen LogP contribution in [0.3, 0.4) is 0 Å². The Morgan fingerprint density at radius 3 is 2.74 bits per heavy atom. The van der Waals surface area contributed by atoms with Gasteiger partial charge in [-0.25, -0.2) is 0 Å². The van der Waals surface area contributed by atoms with Crippen molar-refractivity contribution < 1.29 is 29.9 Å². The molecule has 7 heteroatoms. The number of hydrogen-bond acceptors (Lipinski definition) is 7. The second kappa shape index (κ2) is 5.49. The average molecular weight is 338 g/mol. The van der Waals surface area contributed by atoms with Crippen molar-refractivity contribution in [1.29, 1.82) is 0 Å². The van der Waals surface area contributed by atoms with Crippen LogP contribution in [0.5, 0.6) is 0 Å². The molecule has 0 aliphatic carbocycles. The fourth-order valence-corrected chi connectivity index (χ4v) is 4.82. The van der Waals surface area contributed by atoms with Gasteiger partial charge in [-0.3, -0.25) is 0 Å². The monoisotopic (exact) mass is 338 g/mol. The fraction of sp³-hybridized carbons (Fsp3) is 0.500. The topological polar surface area (TPSA) is 99.4 Å². The highest BCUT2D eigenvalue weighted by molar-refractivity contribution is 7.19. The molecule has 0 saturated carbocycles. The van der Waals surface area contributed by atoms with Crippen LogP contribution in [0, 0.1) is 0 Å². The van der Waals surface area contributed by atoms with Crippen molar-refractivity contribution in [3.05, 3.63) is 34.7 Å². The van der Waals surface area contributed by atoms with Gasteiger partial charge in [0, 0.05) is 4.70 Å². The van der Waals surface area contributed by atoms with E-state index in [0.29, 0.717) is 17.9 Å². The predicted molar refractivity (Wildman–Crippen MR) is 83.1 cm³/mol. The largest absolute Gasteiger partial charge is 0.394 e. The van der Waals surface area contributed by atoms with Gasteiger partial charge in [0.2, 0.25) is 5.79 Å². The van der Waals surface area contributed by atoms with Gasteiger partial charge < -0.3 is 29.9 Å². The average Bonchev–Trinajstić information content (AvgIpc) is 2.96. The van der Waals surface area contributed by atoms with Crippen LogP contribution in [0.15, 0.2) is 24.3 Å². The van der Waals surface area contributed by atoms with E-state index in [-0.39, 0.29) is 0 Å². The molecule has 0 radical (unpaired) electrons. The van der Waals surface area contributed by atoms with Crippen molar-refractivity contribution in [1.82, 2.24) is 0 Å². The van der Waals surface area contributed by atoms with Crippen LogP contribution >= 0.6 is 11.3 Å². The number of aliphatic hydroxyl groups excluding tert-OH is 4. The van der Waals surface area contributed by atoms with Crippen molar-refractivity contribution in [2.75, 3.05) is 13.2 Å². The van der Waals surface area contributed by atoms with E-state index >= 15 is 0 Å². The molecule has 1 fully saturated rings. The Morgan fingerprint density at radius 2 is 1.96 bits per heavy atom. The summed E-state index contributed by atoms with van der Waals surface area (Å²) in [5, 5.41) is 41.2. The van der Waals surface area contributed by atoms with Crippen molar-refractivity contribution in [2.24, 2.45) is 0 Å². The zero-order chi connectivity index (χ0) is 16.2. The summed E-state index contributed by atoms with van der Waals surface area (Å²) in [6.45, 7) is -0.151. The van der Waals surface area contributed by atoms with Crippen LogP contribution in [0.25, 0.3) is 10.1 Å². The van der Waals surface area contributed by atoms with Crippen molar-refractivity contribution in [3.63, 3.8) is 0 Å². The third-order valence-electron chi connectivity index (χ3n) is 4.63. The summed E-state index contributed by atoms with van der Waals surface area (Å²) >= 11 is 1.44. The molecular formula is C16H18O6S. The Balaban J connectivity index is 1.89. The molecule has 1 aromatic heterocycles. The lowest BCUT2D eigenvalue weighted by Gasteiger charge is -2.49. The Labute approximate surface area is 136 Å². The standard InChI is InChI=1S/C16H18O6S/c17-7-10-12(18)13(19)14(20)16(22-10)15-9(5-6-21-16)8-3-1-2-4-11(8)23-15/h1-4,10,12-14,17-20H,5-7H2. The number of benzene rings is 1. The van der Waals surface area contributed by atoms with E-state index in [2.05, 4.69) is 0 Å². The summed E-state index contributed by atoms with van der Waals surface area (Å²) in [5.74, 6) is -1.55. The lowest BCUT2D eigenvalue weighted by molar-refractivity contribution is -0.374. The molecule has 3 heterocycles. The van der Waals surface area contributed by atoms with Gasteiger partial charge in [-0.15, -0.1) is 11.3 Å². The first-order chi connectivity index (χ1) is 11.1. The molecule has 1 spiro atoms. The van der Waals surface area contributed by atoms with Crippen LogP contribution in [-0.2, 0) is 21.7 Å². The summed E-state index contributed by atoms with van der Waals surface area (Å²) in [5.41, 5.74) is 1.02. The van der Waals surface area contributed by atoms with E-state index in [1.165, 1.54) is 11.3 Å². The van der Waals surface area contributed by atoms with E-state index in [1.807, 2.05) is 24.3 Å². The summed E-state index contributed by atoms with van der Waals surface area (Å²) < 4.78 is 12.6. The molecule has 0 bridgehead atoms. The highest BCUT2D eigenvalue weighted by atomic mass is 32.1. The Hall–Kier alpha value is -1.06. The van der Waals surface area contributed by atoms with Gasteiger partial charge in [0.1, 0.15) is 24.4 Å². The predicted octanol–water partition coefficient (Wildman–Crippen LogP) is 0.101. The third-order valence-corrected chi connectivity index (χ3v) is 5.94.